The van der Waals surface area contributed by atoms with Gasteiger partial charge in [-0.3, -0.25) is 19.3 Å². The molecule has 0 bridgehead atoms. The molecule has 1 saturated heterocycles. The lowest BCUT2D eigenvalue weighted by Crippen LogP contribution is -2.49. The summed E-state index contributed by atoms with van der Waals surface area (Å²) in [6.45, 7) is 11.7. The van der Waals surface area contributed by atoms with Crippen LogP contribution in [0.2, 0.25) is 0 Å². The van der Waals surface area contributed by atoms with Gasteiger partial charge in [0.1, 0.15) is 11.1 Å². The highest BCUT2D eigenvalue weighted by molar-refractivity contribution is 5.99. The van der Waals surface area contributed by atoms with Gasteiger partial charge in [0.25, 0.3) is 11.8 Å². The van der Waals surface area contributed by atoms with E-state index in [2.05, 4.69) is 34.5 Å². The number of nitrogens with one attached hydrogen (secondary N) is 1. The second kappa shape index (κ2) is 11.8. The maximum Gasteiger partial charge on any atom is 0.259 e. The van der Waals surface area contributed by atoms with Crippen molar-refractivity contribution in [2.24, 2.45) is 5.92 Å². The van der Waals surface area contributed by atoms with Crippen LogP contribution < -0.4 is 10.7 Å². The Morgan fingerprint density at radius 3 is 2.24 bits per heavy atom. The molecule has 2 aromatic rings. The van der Waals surface area contributed by atoms with E-state index in [0.29, 0.717) is 19.6 Å². The Morgan fingerprint density at radius 1 is 0.971 bits per heavy atom. The third-order valence-electron chi connectivity index (χ3n) is 5.92. The molecule has 1 aromatic heterocycles. The second-order valence-electron chi connectivity index (χ2n) is 9.47. The number of nitrogens with zero attached hydrogens (tertiary/aromatic N) is 3. The first kappa shape index (κ1) is 25.4. The van der Waals surface area contributed by atoms with Crippen LogP contribution in [-0.2, 0) is 0 Å². The maximum atomic E-state index is 13.3. The first-order valence-electron chi connectivity index (χ1n) is 12.0. The summed E-state index contributed by atoms with van der Waals surface area (Å²) in [5, 5.41) is 2.80. The Hall–Kier alpha value is -3.19. The van der Waals surface area contributed by atoms with Gasteiger partial charge in [0.15, 0.2) is 0 Å². The SMILES string of the molecule is CC(C)CNC(=O)c1cn(C(C)C)cc(C(=O)N2CCN(CC=Cc3ccccc3)CC2)c1=O. The summed E-state index contributed by atoms with van der Waals surface area (Å²) < 4.78 is 1.77. The van der Waals surface area contributed by atoms with Crippen molar-refractivity contribution < 1.29 is 9.59 Å². The first-order valence-corrected chi connectivity index (χ1v) is 12.0. The minimum absolute atomic E-state index is 0.0112. The summed E-state index contributed by atoms with van der Waals surface area (Å²) in [6.07, 6.45) is 7.37. The number of hydrogen-bond donors (Lipinski definition) is 1. The van der Waals surface area contributed by atoms with Gasteiger partial charge in [-0.1, -0.05) is 56.3 Å². The first-order chi connectivity index (χ1) is 16.3. The molecule has 3 rings (SSSR count). The van der Waals surface area contributed by atoms with Gasteiger partial charge in [-0.25, -0.2) is 0 Å². The molecule has 7 nitrogen and oxygen atoms in total. The van der Waals surface area contributed by atoms with Crippen molar-refractivity contribution >= 4 is 17.9 Å². The molecule has 0 spiro atoms. The van der Waals surface area contributed by atoms with Crippen molar-refractivity contribution in [2.75, 3.05) is 39.3 Å². The van der Waals surface area contributed by atoms with E-state index in [1.165, 1.54) is 0 Å². The zero-order valence-corrected chi connectivity index (χ0v) is 20.7. The Balaban J connectivity index is 1.68. The zero-order valence-electron chi connectivity index (χ0n) is 20.7. The molecular formula is C27H36N4O3. The van der Waals surface area contributed by atoms with Crippen molar-refractivity contribution in [3.8, 4) is 0 Å². The molecule has 1 aliphatic heterocycles. The largest absolute Gasteiger partial charge is 0.352 e. The summed E-state index contributed by atoms with van der Waals surface area (Å²) in [5.74, 6) is -0.477. The van der Waals surface area contributed by atoms with Crippen LogP contribution in [0.15, 0.2) is 53.6 Å². The fourth-order valence-electron chi connectivity index (χ4n) is 3.81. The van der Waals surface area contributed by atoms with Crippen LogP contribution in [0.25, 0.3) is 6.08 Å². The van der Waals surface area contributed by atoms with E-state index in [1.807, 2.05) is 45.9 Å². The maximum absolute atomic E-state index is 13.3. The molecule has 0 unspecified atom stereocenters. The van der Waals surface area contributed by atoms with Crippen LogP contribution in [-0.4, -0.2) is 65.4 Å². The number of rotatable bonds is 8. The lowest BCUT2D eigenvalue weighted by atomic mass is 10.1. The summed E-state index contributed by atoms with van der Waals surface area (Å²) >= 11 is 0. The normalized spacial score (nSPS) is 14.8. The predicted molar refractivity (Wildman–Crippen MR) is 136 cm³/mol. The molecule has 182 valence electrons. The van der Waals surface area contributed by atoms with Crippen molar-refractivity contribution in [3.05, 3.63) is 75.7 Å². The van der Waals surface area contributed by atoms with Crippen molar-refractivity contribution in [1.29, 1.82) is 0 Å². The van der Waals surface area contributed by atoms with E-state index in [1.54, 1.807) is 21.9 Å². The topological polar surface area (TPSA) is 74.7 Å². The molecule has 0 atom stereocenters. The average molecular weight is 465 g/mol. The minimum Gasteiger partial charge on any atom is -0.352 e. The molecule has 2 heterocycles. The molecule has 1 fully saturated rings. The van der Waals surface area contributed by atoms with E-state index in [9.17, 15) is 14.4 Å². The molecule has 1 aromatic carbocycles. The molecule has 1 N–H and O–H groups in total. The Kier molecular flexibility index (Phi) is 8.82. The zero-order chi connectivity index (χ0) is 24.7. The van der Waals surface area contributed by atoms with Crippen LogP contribution >= 0.6 is 0 Å². The predicted octanol–water partition coefficient (Wildman–Crippen LogP) is 3.29. The number of carbonyl (C=O) groups is 2. The smallest absolute Gasteiger partial charge is 0.259 e. The summed E-state index contributed by atoms with van der Waals surface area (Å²) in [4.78, 5) is 43.1. The standard InChI is InChI=1S/C27H36N4O3/c1-20(2)17-28-26(33)23-18-31(21(3)4)19-24(25(23)32)27(34)30-15-13-29(14-16-30)12-8-11-22-9-6-5-7-10-22/h5-11,18-21H,12-17H2,1-4H3,(H,28,33). The van der Waals surface area contributed by atoms with E-state index in [4.69, 9.17) is 0 Å². The third kappa shape index (κ3) is 6.67. The number of carbonyl (C=O) groups excluding carboxylic acids is 2. The van der Waals surface area contributed by atoms with Gasteiger partial charge >= 0.3 is 0 Å². The Bertz CT molecular complexity index is 1070. The van der Waals surface area contributed by atoms with Gasteiger partial charge in [-0.2, -0.15) is 0 Å². The third-order valence-corrected chi connectivity index (χ3v) is 5.92. The molecule has 34 heavy (non-hydrogen) atoms. The molecule has 7 heteroatoms. The molecule has 2 amide bonds. The minimum atomic E-state index is -0.503. The lowest BCUT2D eigenvalue weighted by Gasteiger charge is -2.34. The lowest BCUT2D eigenvalue weighted by molar-refractivity contribution is 0.0648. The number of amides is 2. The number of hydrogen-bond acceptors (Lipinski definition) is 4. The Morgan fingerprint density at radius 2 is 1.62 bits per heavy atom. The summed E-state index contributed by atoms with van der Waals surface area (Å²) in [7, 11) is 0. The van der Waals surface area contributed by atoms with Gasteiger partial charge < -0.3 is 14.8 Å². The highest BCUT2D eigenvalue weighted by Crippen LogP contribution is 2.12. The highest BCUT2D eigenvalue weighted by Gasteiger charge is 2.26. The molecular weight excluding hydrogens is 428 g/mol. The quantitative estimate of drug-likeness (QED) is 0.651. The number of piperazine rings is 1. The average Bonchev–Trinajstić information content (AvgIpc) is 2.83. The summed E-state index contributed by atoms with van der Waals surface area (Å²) in [6, 6.07) is 10.2. The van der Waals surface area contributed by atoms with Gasteiger partial charge in [0, 0.05) is 57.7 Å². The van der Waals surface area contributed by atoms with Crippen LogP contribution in [0.5, 0.6) is 0 Å². The molecule has 1 aliphatic rings. The van der Waals surface area contributed by atoms with Gasteiger partial charge in [-0.15, -0.1) is 0 Å². The number of benzene rings is 1. The van der Waals surface area contributed by atoms with Crippen molar-refractivity contribution in [2.45, 2.75) is 33.7 Å². The monoisotopic (exact) mass is 464 g/mol. The fraction of sp³-hybridized carbons (Fsp3) is 0.444. The van der Waals surface area contributed by atoms with Gasteiger partial charge in [-0.05, 0) is 25.3 Å². The van der Waals surface area contributed by atoms with E-state index in [0.717, 1.165) is 25.2 Å². The molecule has 0 aliphatic carbocycles. The van der Waals surface area contributed by atoms with Crippen LogP contribution in [0.4, 0.5) is 0 Å². The van der Waals surface area contributed by atoms with E-state index in [-0.39, 0.29) is 29.0 Å². The summed E-state index contributed by atoms with van der Waals surface area (Å²) in [5.41, 5.74) is 0.736. The van der Waals surface area contributed by atoms with Crippen LogP contribution in [0.3, 0.4) is 0 Å². The molecule has 0 radical (unpaired) electrons. The molecule has 0 saturated carbocycles. The number of aromatic nitrogens is 1. The highest BCUT2D eigenvalue weighted by atomic mass is 16.2. The van der Waals surface area contributed by atoms with Gasteiger partial charge in [0.2, 0.25) is 5.43 Å². The number of pyridine rings is 1. The van der Waals surface area contributed by atoms with E-state index < -0.39 is 11.3 Å². The van der Waals surface area contributed by atoms with Crippen molar-refractivity contribution in [1.82, 2.24) is 19.7 Å². The van der Waals surface area contributed by atoms with Crippen LogP contribution in [0.1, 0.15) is 60.0 Å². The van der Waals surface area contributed by atoms with Crippen LogP contribution in [0, 0.1) is 5.92 Å². The van der Waals surface area contributed by atoms with Gasteiger partial charge in [0.05, 0.1) is 0 Å². The van der Waals surface area contributed by atoms with E-state index >= 15 is 0 Å². The second-order valence-corrected chi connectivity index (χ2v) is 9.47. The Labute approximate surface area is 202 Å². The van der Waals surface area contributed by atoms with Crippen molar-refractivity contribution in [3.63, 3.8) is 0 Å². The fourth-order valence-corrected chi connectivity index (χ4v) is 3.81.